The Morgan fingerprint density at radius 3 is 2.33 bits per heavy atom. The molecule has 1 aliphatic rings. The SMILES string of the molecule is CC(N)C(C)C(=O)NCc1ccc(N2CCCCCC2)nc1.Cl.Cl. The molecule has 0 saturated carbocycles. The number of amides is 1. The zero-order chi connectivity index (χ0) is 15.9. The third-order valence-corrected chi connectivity index (χ3v) is 4.41. The van der Waals surface area contributed by atoms with Crippen LogP contribution in [0, 0.1) is 5.92 Å². The van der Waals surface area contributed by atoms with Crippen LogP contribution in [0.15, 0.2) is 18.3 Å². The van der Waals surface area contributed by atoms with Crippen LogP contribution >= 0.6 is 24.8 Å². The maximum absolute atomic E-state index is 11.9. The van der Waals surface area contributed by atoms with Crippen LogP contribution in [0.4, 0.5) is 5.82 Å². The Balaban J connectivity index is 0.00000264. The summed E-state index contributed by atoms with van der Waals surface area (Å²) >= 11 is 0. The van der Waals surface area contributed by atoms with Crippen molar-refractivity contribution < 1.29 is 4.79 Å². The van der Waals surface area contributed by atoms with Crippen LogP contribution in [0.3, 0.4) is 0 Å². The van der Waals surface area contributed by atoms with E-state index in [-0.39, 0.29) is 42.7 Å². The first-order chi connectivity index (χ1) is 10.6. The normalized spacial score (nSPS) is 16.9. The number of hydrogen-bond acceptors (Lipinski definition) is 4. The number of carbonyl (C=O) groups is 1. The van der Waals surface area contributed by atoms with Crippen molar-refractivity contribution in [2.24, 2.45) is 11.7 Å². The molecule has 1 amide bonds. The number of anilines is 1. The van der Waals surface area contributed by atoms with E-state index in [9.17, 15) is 4.79 Å². The Morgan fingerprint density at radius 1 is 1.21 bits per heavy atom. The van der Waals surface area contributed by atoms with Crippen molar-refractivity contribution in [3.63, 3.8) is 0 Å². The van der Waals surface area contributed by atoms with Crippen LogP contribution in [0.2, 0.25) is 0 Å². The van der Waals surface area contributed by atoms with Gasteiger partial charge in [-0.3, -0.25) is 4.79 Å². The topological polar surface area (TPSA) is 71.2 Å². The summed E-state index contributed by atoms with van der Waals surface area (Å²) in [5, 5.41) is 2.92. The molecule has 5 nitrogen and oxygen atoms in total. The summed E-state index contributed by atoms with van der Waals surface area (Å²) < 4.78 is 0. The molecule has 0 radical (unpaired) electrons. The Morgan fingerprint density at radius 2 is 1.83 bits per heavy atom. The van der Waals surface area contributed by atoms with Crippen molar-refractivity contribution in [2.75, 3.05) is 18.0 Å². The smallest absolute Gasteiger partial charge is 0.224 e. The van der Waals surface area contributed by atoms with Crippen LogP contribution in [0.25, 0.3) is 0 Å². The van der Waals surface area contributed by atoms with Gasteiger partial charge in [-0.25, -0.2) is 4.98 Å². The van der Waals surface area contributed by atoms with E-state index in [1.165, 1.54) is 25.7 Å². The number of nitrogens with one attached hydrogen (secondary N) is 1. The predicted octanol–water partition coefficient (Wildman–Crippen LogP) is 2.91. The van der Waals surface area contributed by atoms with Crippen molar-refractivity contribution in [1.82, 2.24) is 10.3 Å². The summed E-state index contributed by atoms with van der Waals surface area (Å²) in [7, 11) is 0. The van der Waals surface area contributed by atoms with E-state index in [1.54, 1.807) is 0 Å². The van der Waals surface area contributed by atoms with E-state index >= 15 is 0 Å². The molecule has 1 saturated heterocycles. The molecule has 2 unspecified atom stereocenters. The molecule has 7 heteroatoms. The third kappa shape index (κ3) is 6.83. The first-order valence-electron chi connectivity index (χ1n) is 8.31. The monoisotopic (exact) mass is 376 g/mol. The predicted molar refractivity (Wildman–Crippen MR) is 104 cm³/mol. The quantitative estimate of drug-likeness (QED) is 0.828. The van der Waals surface area contributed by atoms with Crippen molar-refractivity contribution in [3.8, 4) is 0 Å². The Kier molecular flexibility index (Phi) is 11.0. The second-order valence-corrected chi connectivity index (χ2v) is 6.29. The molecule has 1 fully saturated rings. The molecule has 24 heavy (non-hydrogen) atoms. The number of pyridine rings is 1. The van der Waals surface area contributed by atoms with Gasteiger partial charge in [0.1, 0.15) is 5.82 Å². The van der Waals surface area contributed by atoms with Crippen LogP contribution < -0.4 is 16.0 Å². The van der Waals surface area contributed by atoms with Gasteiger partial charge in [0.15, 0.2) is 0 Å². The highest BCUT2D eigenvalue weighted by Crippen LogP contribution is 2.17. The van der Waals surface area contributed by atoms with Gasteiger partial charge in [-0.05, 0) is 31.4 Å². The average Bonchev–Trinajstić information content (AvgIpc) is 2.81. The van der Waals surface area contributed by atoms with Crippen molar-refractivity contribution in [1.29, 1.82) is 0 Å². The minimum atomic E-state index is -0.177. The first kappa shape index (κ1) is 23.0. The molecule has 2 heterocycles. The van der Waals surface area contributed by atoms with E-state index in [0.717, 1.165) is 24.5 Å². The van der Waals surface area contributed by atoms with Gasteiger partial charge >= 0.3 is 0 Å². The van der Waals surface area contributed by atoms with Gasteiger partial charge in [-0.1, -0.05) is 25.8 Å². The number of halogens is 2. The lowest BCUT2D eigenvalue weighted by Gasteiger charge is -2.21. The highest BCUT2D eigenvalue weighted by Gasteiger charge is 2.16. The Labute approximate surface area is 157 Å². The molecule has 0 bridgehead atoms. The highest BCUT2D eigenvalue weighted by atomic mass is 35.5. The van der Waals surface area contributed by atoms with E-state index in [4.69, 9.17) is 5.73 Å². The number of carbonyl (C=O) groups excluding carboxylic acids is 1. The van der Waals surface area contributed by atoms with E-state index in [0.29, 0.717) is 6.54 Å². The lowest BCUT2D eigenvalue weighted by atomic mass is 10.0. The molecular weight excluding hydrogens is 347 g/mol. The zero-order valence-corrected chi connectivity index (χ0v) is 16.2. The molecule has 1 aromatic heterocycles. The summed E-state index contributed by atoms with van der Waals surface area (Å²) in [6.45, 7) is 6.38. The van der Waals surface area contributed by atoms with Gasteiger partial charge in [0.05, 0.1) is 0 Å². The minimum Gasteiger partial charge on any atom is -0.357 e. The average molecular weight is 377 g/mol. The van der Waals surface area contributed by atoms with Gasteiger partial charge in [0, 0.05) is 37.8 Å². The second-order valence-electron chi connectivity index (χ2n) is 6.29. The molecule has 0 aromatic carbocycles. The van der Waals surface area contributed by atoms with Gasteiger partial charge in [0.25, 0.3) is 0 Å². The van der Waals surface area contributed by atoms with Crippen LogP contribution in [-0.4, -0.2) is 30.0 Å². The van der Waals surface area contributed by atoms with E-state index in [1.807, 2.05) is 26.1 Å². The van der Waals surface area contributed by atoms with Gasteiger partial charge in [-0.2, -0.15) is 0 Å². The molecule has 1 aliphatic heterocycles. The number of hydrogen-bond donors (Lipinski definition) is 2. The molecular formula is C17H30Cl2N4O. The highest BCUT2D eigenvalue weighted by molar-refractivity contribution is 5.85. The summed E-state index contributed by atoms with van der Waals surface area (Å²) in [6, 6.07) is 3.97. The molecule has 2 atom stereocenters. The lowest BCUT2D eigenvalue weighted by Crippen LogP contribution is -2.38. The lowest BCUT2D eigenvalue weighted by molar-refractivity contribution is -0.125. The molecule has 0 aliphatic carbocycles. The standard InChI is InChI=1S/C17H28N4O.2ClH/c1-13(14(2)18)17(22)20-12-15-7-8-16(19-11-15)21-9-5-3-4-6-10-21;;/h7-8,11,13-14H,3-6,9-10,12,18H2,1-2H3,(H,20,22);2*1H. The molecule has 3 N–H and O–H groups in total. The third-order valence-electron chi connectivity index (χ3n) is 4.41. The first-order valence-corrected chi connectivity index (χ1v) is 8.31. The summed E-state index contributed by atoms with van der Waals surface area (Å²) in [6.07, 6.45) is 6.98. The summed E-state index contributed by atoms with van der Waals surface area (Å²) in [5.74, 6) is 0.858. The van der Waals surface area contributed by atoms with Crippen molar-refractivity contribution in [3.05, 3.63) is 23.9 Å². The zero-order valence-electron chi connectivity index (χ0n) is 14.5. The largest absolute Gasteiger partial charge is 0.357 e. The fourth-order valence-corrected chi connectivity index (χ4v) is 2.60. The summed E-state index contributed by atoms with van der Waals surface area (Å²) in [4.78, 5) is 18.8. The molecule has 138 valence electrons. The summed E-state index contributed by atoms with van der Waals surface area (Å²) in [5.41, 5.74) is 6.76. The Bertz CT molecular complexity index is 474. The van der Waals surface area contributed by atoms with Crippen LogP contribution in [-0.2, 0) is 11.3 Å². The number of nitrogens with zero attached hydrogens (tertiary/aromatic N) is 2. The fraction of sp³-hybridized carbons (Fsp3) is 0.647. The maximum atomic E-state index is 11.9. The van der Waals surface area contributed by atoms with Crippen LogP contribution in [0.5, 0.6) is 0 Å². The molecule has 0 spiro atoms. The van der Waals surface area contributed by atoms with Crippen LogP contribution in [0.1, 0.15) is 45.1 Å². The number of aromatic nitrogens is 1. The Hall–Kier alpha value is -1.04. The van der Waals surface area contributed by atoms with Gasteiger partial charge in [-0.15, -0.1) is 24.8 Å². The molecule has 2 rings (SSSR count). The second kappa shape index (κ2) is 11.5. The van der Waals surface area contributed by atoms with Crippen molar-refractivity contribution in [2.45, 2.75) is 52.1 Å². The molecule has 1 aromatic rings. The van der Waals surface area contributed by atoms with Crippen molar-refractivity contribution >= 4 is 36.5 Å². The van der Waals surface area contributed by atoms with Gasteiger partial charge in [0.2, 0.25) is 5.91 Å². The fourth-order valence-electron chi connectivity index (χ4n) is 2.60. The van der Waals surface area contributed by atoms with E-state index in [2.05, 4.69) is 21.3 Å². The maximum Gasteiger partial charge on any atom is 0.224 e. The van der Waals surface area contributed by atoms with E-state index < -0.39 is 0 Å². The van der Waals surface area contributed by atoms with Gasteiger partial charge < -0.3 is 16.0 Å². The number of rotatable bonds is 5. The minimum absolute atomic E-state index is 0. The number of nitrogens with two attached hydrogens (primary N) is 1.